The number of hydrogen-bond acceptors (Lipinski definition) is 5. The van der Waals surface area contributed by atoms with E-state index >= 15 is 0 Å². The van der Waals surface area contributed by atoms with E-state index in [9.17, 15) is 18.0 Å². The summed E-state index contributed by atoms with van der Waals surface area (Å²) < 4.78 is 52.8. The molecule has 0 N–H and O–H groups in total. The Morgan fingerprint density at radius 1 is 1.13 bits per heavy atom. The van der Waals surface area contributed by atoms with Crippen molar-refractivity contribution in [3.05, 3.63) is 77.1 Å². The molecule has 3 rings (SSSR count). The maximum Gasteiger partial charge on any atom is 0.429 e. The van der Waals surface area contributed by atoms with E-state index in [4.69, 9.17) is 14.7 Å². The highest BCUT2D eigenvalue weighted by Gasteiger charge is 2.47. The third kappa shape index (κ3) is 4.86. The Bertz CT molecular complexity index is 1120. The summed E-state index contributed by atoms with van der Waals surface area (Å²) in [6.07, 6.45) is -7.37. The van der Waals surface area contributed by atoms with E-state index in [1.54, 1.807) is 42.5 Å². The van der Waals surface area contributed by atoms with Crippen LogP contribution in [0.25, 0.3) is 5.69 Å². The maximum atomic E-state index is 13.8. The van der Waals surface area contributed by atoms with Gasteiger partial charge in [-0.2, -0.15) is 23.5 Å². The molecule has 3 aromatic rings. The van der Waals surface area contributed by atoms with Crippen molar-refractivity contribution in [2.75, 3.05) is 6.61 Å². The SMILES string of the molecule is Cc1nn(-c2ccccc2)c(C)c1[C@@H](OC(=O)COc1ccccc1C#N)C(F)(F)F. The number of carbonyl (C=O) groups excluding carboxylic acids is 1. The normalized spacial score (nSPS) is 12.1. The van der Waals surface area contributed by atoms with E-state index < -0.39 is 24.9 Å². The summed E-state index contributed by atoms with van der Waals surface area (Å²) in [6.45, 7) is 2.12. The van der Waals surface area contributed by atoms with Crippen molar-refractivity contribution in [2.45, 2.75) is 26.1 Å². The second-order valence-electron chi connectivity index (χ2n) is 6.64. The highest BCUT2D eigenvalue weighted by atomic mass is 19.4. The number of rotatable bonds is 6. The summed E-state index contributed by atoms with van der Waals surface area (Å²) in [5.41, 5.74) is 0.792. The lowest BCUT2D eigenvalue weighted by Gasteiger charge is -2.21. The van der Waals surface area contributed by atoms with Gasteiger partial charge in [0.25, 0.3) is 0 Å². The molecule has 0 bridgehead atoms. The third-order valence-corrected chi connectivity index (χ3v) is 4.51. The van der Waals surface area contributed by atoms with Crippen LogP contribution in [0.2, 0.25) is 0 Å². The molecule has 0 saturated heterocycles. The van der Waals surface area contributed by atoms with Gasteiger partial charge in [-0.3, -0.25) is 0 Å². The first-order chi connectivity index (χ1) is 14.7. The Morgan fingerprint density at radius 3 is 2.42 bits per heavy atom. The second-order valence-corrected chi connectivity index (χ2v) is 6.64. The Labute approximate surface area is 176 Å². The number of aromatic nitrogens is 2. The van der Waals surface area contributed by atoms with Gasteiger partial charge in [0.15, 0.2) is 6.61 Å². The van der Waals surface area contributed by atoms with Crippen LogP contribution >= 0.6 is 0 Å². The molecule has 1 aromatic heterocycles. The highest BCUT2D eigenvalue weighted by Crippen LogP contribution is 2.39. The van der Waals surface area contributed by atoms with Gasteiger partial charge >= 0.3 is 12.1 Å². The van der Waals surface area contributed by atoms with Crippen LogP contribution in [-0.2, 0) is 9.53 Å². The number of ether oxygens (including phenoxy) is 2. The lowest BCUT2D eigenvalue weighted by Crippen LogP contribution is -2.29. The van der Waals surface area contributed by atoms with E-state index in [1.165, 1.54) is 30.7 Å². The van der Waals surface area contributed by atoms with E-state index in [2.05, 4.69) is 5.10 Å². The van der Waals surface area contributed by atoms with Crippen LogP contribution in [0.3, 0.4) is 0 Å². The van der Waals surface area contributed by atoms with Crippen molar-refractivity contribution in [2.24, 2.45) is 0 Å². The van der Waals surface area contributed by atoms with Gasteiger partial charge in [0.05, 0.1) is 16.9 Å². The summed E-state index contributed by atoms with van der Waals surface area (Å²) in [5.74, 6) is -1.14. The molecule has 0 spiro atoms. The molecule has 6 nitrogen and oxygen atoms in total. The predicted octanol–water partition coefficient (Wildman–Crippen LogP) is 4.59. The maximum absolute atomic E-state index is 13.8. The molecule has 0 radical (unpaired) electrons. The molecule has 0 aliphatic carbocycles. The van der Waals surface area contributed by atoms with Crippen molar-refractivity contribution >= 4 is 5.97 Å². The number of nitrogens with zero attached hydrogens (tertiary/aromatic N) is 3. The van der Waals surface area contributed by atoms with Crippen LogP contribution in [0.15, 0.2) is 54.6 Å². The Hall–Kier alpha value is -3.80. The van der Waals surface area contributed by atoms with Gasteiger partial charge in [-0.05, 0) is 38.1 Å². The molecule has 0 saturated carbocycles. The number of aryl methyl sites for hydroxylation is 1. The quantitative estimate of drug-likeness (QED) is 0.536. The van der Waals surface area contributed by atoms with Gasteiger partial charge in [0.1, 0.15) is 11.8 Å². The molecule has 2 aromatic carbocycles. The zero-order valence-corrected chi connectivity index (χ0v) is 16.7. The lowest BCUT2D eigenvalue weighted by atomic mass is 10.1. The first kappa shape index (κ1) is 21.9. The van der Waals surface area contributed by atoms with Gasteiger partial charge in [-0.15, -0.1) is 0 Å². The number of hydrogen-bond donors (Lipinski definition) is 0. The zero-order chi connectivity index (χ0) is 22.6. The van der Waals surface area contributed by atoms with E-state index in [0.717, 1.165) is 0 Å². The van der Waals surface area contributed by atoms with Gasteiger partial charge in [-0.25, -0.2) is 9.48 Å². The van der Waals surface area contributed by atoms with Gasteiger partial charge < -0.3 is 9.47 Å². The molecule has 1 atom stereocenters. The second kappa shape index (κ2) is 8.92. The van der Waals surface area contributed by atoms with Gasteiger partial charge in [0.2, 0.25) is 6.10 Å². The lowest BCUT2D eigenvalue weighted by molar-refractivity contribution is -0.225. The summed E-state index contributed by atoms with van der Waals surface area (Å²) in [7, 11) is 0. The third-order valence-electron chi connectivity index (χ3n) is 4.51. The van der Waals surface area contributed by atoms with Crippen molar-refractivity contribution < 1.29 is 27.4 Å². The molecule has 9 heteroatoms. The summed E-state index contributed by atoms with van der Waals surface area (Å²) in [5, 5.41) is 13.2. The Balaban J connectivity index is 1.84. The Morgan fingerprint density at radius 2 is 1.77 bits per heavy atom. The van der Waals surface area contributed by atoms with Crippen LogP contribution in [-0.4, -0.2) is 28.5 Å². The minimum absolute atomic E-state index is 0.0785. The van der Waals surface area contributed by atoms with Crippen LogP contribution in [0.4, 0.5) is 13.2 Å². The highest BCUT2D eigenvalue weighted by molar-refractivity contribution is 5.71. The van der Waals surface area contributed by atoms with Crippen molar-refractivity contribution in [1.82, 2.24) is 9.78 Å². The van der Waals surface area contributed by atoms with Crippen LogP contribution in [0.5, 0.6) is 5.75 Å². The number of halogens is 3. The molecular weight excluding hydrogens is 411 g/mol. The molecule has 1 heterocycles. The fourth-order valence-electron chi connectivity index (χ4n) is 3.13. The first-order valence-corrected chi connectivity index (χ1v) is 9.22. The average molecular weight is 429 g/mol. The minimum Gasteiger partial charge on any atom is -0.481 e. The zero-order valence-electron chi connectivity index (χ0n) is 16.7. The number of alkyl halides is 3. The molecular formula is C22H18F3N3O3. The number of para-hydroxylation sites is 2. The first-order valence-electron chi connectivity index (χ1n) is 9.22. The molecule has 0 aliphatic rings. The molecule has 0 aliphatic heterocycles. The van der Waals surface area contributed by atoms with Crippen molar-refractivity contribution in [3.8, 4) is 17.5 Å². The average Bonchev–Trinajstić information content (AvgIpc) is 3.04. The van der Waals surface area contributed by atoms with E-state index in [0.29, 0.717) is 5.69 Å². The molecule has 0 fully saturated rings. The van der Waals surface area contributed by atoms with E-state index in [-0.39, 0.29) is 28.3 Å². The van der Waals surface area contributed by atoms with E-state index in [1.807, 2.05) is 6.07 Å². The number of benzene rings is 2. The van der Waals surface area contributed by atoms with Gasteiger partial charge in [0, 0.05) is 11.3 Å². The summed E-state index contributed by atoms with van der Waals surface area (Å²) in [4.78, 5) is 12.2. The fraction of sp³-hybridized carbons (Fsp3) is 0.227. The van der Waals surface area contributed by atoms with Crippen LogP contribution in [0, 0.1) is 25.2 Å². The minimum atomic E-state index is -4.86. The van der Waals surface area contributed by atoms with Crippen molar-refractivity contribution in [1.29, 1.82) is 5.26 Å². The molecule has 0 unspecified atom stereocenters. The van der Waals surface area contributed by atoms with Crippen molar-refractivity contribution in [3.63, 3.8) is 0 Å². The number of nitriles is 1. The number of carbonyl (C=O) groups is 1. The predicted molar refractivity (Wildman–Crippen MR) is 105 cm³/mol. The summed E-state index contributed by atoms with van der Waals surface area (Å²) in [6, 6.07) is 16.6. The monoisotopic (exact) mass is 429 g/mol. The smallest absolute Gasteiger partial charge is 0.429 e. The van der Waals surface area contributed by atoms with Gasteiger partial charge in [-0.1, -0.05) is 30.3 Å². The molecule has 31 heavy (non-hydrogen) atoms. The summed E-state index contributed by atoms with van der Waals surface area (Å²) >= 11 is 0. The molecule has 160 valence electrons. The Kier molecular flexibility index (Phi) is 6.30. The van der Waals surface area contributed by atoms with Crippen LogP contribution < -0.4 is 4.74 Å². The largest absolute Gasteiger partial charge is 0.481 e. The topological polar surface area (TPSA) is 77.1 Å². The molecule has 0 amide bonds. The fourth-order valence-corrected chi connectivity index (χ4v) is 3.13. The number of esters is 1. The standard InChI is InChI=1S/C22H18F3N3O3/c1-14-20(15(2)28(27-14)17-9-4-3-5-10-17)21(22(23,24)25)31-19(29)13-30-18-11-7-6-8-16(18)12-26/h3-11,21H,13H2,1-2H3/t21-/m1/s1. The van der Waals surface area contributed by atoms with Crippen LogP contribution in [0.1, 0.15) is 28.6 Å².